The van der Waals surface area contributed by atoms with Crippen LogP contribution in [0.2, 0.25) is 0 Å². The summed E-state index contributed by atoms with van der Waals surface area (Å²) in [6, 6.07) is 0. The molecular weight excluding hydrogens is 556 g/mol. The monoisotopic (exact) mass is 622 g/mol. The van der Waals surface area contributed by atoms with Gasteiger partial charge in [-0.25, -0.2) is 0 Å². The molecular formula is C37H66O7. The predicted molar refractivity (Wildman–Crippen MR) is 180 cm³/mol. The smallest absolute Gasteiger partial charge is 0.306 e. The maximum atomic E-state index is 12.1. The fourth-order valence-corrected chi connectivity index (χ4v) is 4.77. The molecule has 7 heteroatoms. The molecule has 0 aromatic heterocycles. The second kappa shape index (κ2) is 32.4. The van der Waals surface area contributed by atoms with Crippen LogP contribution in [0.15, 0.2) is 36.5 Å². The Kier molecular flexibility index (Phi) is 31.0. The third-order valence-electron chi connectivity index (χ3n) is 7.64. The van der Waals surface area contributed by atoms with Crippen LogP contribution in [0.1, 0.15) is 155 Å². The zero-order chi connectivity index (χ0) is 32.5. The molecule has 0 spiro atoms. The molecule has 0 heterocycles. The summed E-state index contributed by atoms with van der Waals surface area (Å²) in [6.07, 6.45) is 30.9. The lowest BCUT2D eigenvalue weighted by Crippen LogP contribution is -2.28. The maximum absolute atomic E-state index is 12.1. The first-order chi connectivity index (χ1) is 21.4. The van der Waals surface area contributed by atoms with Crippen molar-refractivity contribution < 1.29 is 34.4 Å². The third kappa shape index (κ3) is 28.8. The summed E-state index contributed by atoms with van der Waals surface area (Å²) in [5, 5.41) is 29.9. The van der Waals surface area contributed by atoms with Crippen molar-refractivity contribution in [3.63, 3.8) is 0 Å². The van der Waals surface area contributed by atoms with Gasteiger partial charge in [0.2, 0.25) is 0 Å². The highest BCUT2D eigenvalue weighted by Gasteiger charge is 2.18. The van der Waals surface area contributed by atoms with E-state index >= 15 is 0 Å². The van der Waals surface area contributed by atoms with Crippen LogP contribution in [0.25, 0.3) is 0 Å². The van der Waals surface area contributed by atoms with Gasteiger partial charge < -0.3 is 24.8 Å². The van der Waals surface area contributed by atoms with Gasteiger partial charge in [-0.3, -0.25) is 9.59 Å². The van der Waals surface area contributed by atoms with Gasteiger partial charge in [0.15, 0.2) is 6.10 Å². The molecule has 0 aliphatic heterocycles. The van der Waals surface area contributed by atoms with E-state index in [2.05, 4.69) is 38.2 Å². The molecule has 7 nitrogen and oxygen atoms in total. The summed E-state index contributed by atoms with van der Waals surface area (Å²) in [6.45, 7) is 3.83. The van der Waals surface area contributed by atoms with E-state index in [1.165, 1.54) is 70.6 Å². The molecule has 0 amide bonds. The van der Waals surface area contributed by atoms with Gasteiger partial charge in [-0.15, -0.1) is 0 Å². The molecule has 0 bridgehead atoms. The molecule has 3 N–H and O–H groups in total. The van der Waals surface area contributed by atoms with E-state index in [0.29, 0.717) is 19.3 Å². The molecule has 0 aliphatic carbocycles. The van der Waals surface area contributed by atoms with Gasteiger partial charge in [0.1, 0.15) is 6.61 Å². The van der Waals surface area contributed by atoms with E-state index in [1.807, 2.05) is 12.2 Å². The van der Waals surface area contributed by atoms with Gasteiger partial charge >= 0.3 is 11.9 Å². The highest BCUT2D eigenvalue weighted by Crippen LogP contribution is 2.13. The average molecular weight is 623 g/mol. The fourth-order valence-electron chi connectivity index (χ4n) is 4.77. The Labute approximate surface area is 269 Å². The average Bonchev–Trinajstić information content (AvgIpc) is 3.02. The normalized spacial score (nSPS) is 14.0. The standard InChI is InChI=1S/C37H66O7/c1-3-5-7-9-11-13-15-17-18-20-22-24-27-34(39)35(40)28-26-30-36(41)43-32-33(31-38)44-37(42)29-25-23-21-19-16-14-12-10-8-6-4-2/h11,13,17-18,22,24,33-35,38-40H,3-10,12,14-16,19-21,23,25-32H2,1-2H3/b13-11-,18-17-,24-22-/t33-,34?,35?/m0/s1. The highest BCUT2D eigenvalue weighted by atomic mass is 16.6. The Balaban J connectivity index is 3.87. The number of hydrogen-bond donors (Lipinski definition) is 3. The van der Waals surface area contributed by atoms with Crippen LogP contribution >= 0.6 is 0 Å². The number of aliphatic hydroxyl groups is 3. The molecule has 3 atom stereocenters. The molecule has 0 fully saturated rings. The van der Waals surface area contributed by atoms with Gasteiger partial charge in [-0.2, -0.15) is 0 Å². The summed E-state index contributed by atoms with van der Waals surface area (Å²) in [5.41, 5.74) is 0. The van der Waals surface area contributed by atoms with Crippen molar-refractivity contribution >= 4 is 11.9 Å². The van der Waals surface area contributed by atoms with Crippen LogP contribution in [0.5, 0.6) is 0 Å². The van der Waals surface area contributed by atoms with Crippen molar-refractivity contribution in [1.29, 1.82) is 0 Å². The van der Waals surface area contributed by atoms with Crippen molar-refractivity contribution in [2.24, 2.45) is 0 Å². The first kappa shape index (κ1) is 42.0. The second-order valence-corrected chi connectivity index (χ2v) is 11.9. The highest BCUT2D eigenvalue weighted by molar-refractivity contribution is 5.70. The quantitative estimate of drug-likeness (QED) is 0.0404. The molecule has 2 unspecified atom stereocenters. The van der Waals surface area contributed by atoms with Crippen LogP contribution < -0.4 is 0 Å². The Morgan fingerprint density at radius 3 is 1.75 bits per heavy atom. The molecule has 0 radical (unpaired) electrons. The van der Waals surface area contributed by atoms with Crippen LogP contribution in [0, 0.1) is 0 Å². The third-order valence-corrected chi connectivity index (χ3v) is 7.64. The lowest BCUT2D eigenvalue weighted by Gasteiger charge is -2.17. The van der Waals surface area contributed by atoms with Gasteiger partial charge in [0.25, 0.3) is 0 Å². The van der Waals surface area contributed by atoms with Crippen LogP contribution in [-0.4, -0.2) is 58.8 Å². The second-order valence-electron chi connectivity index (χ2n) is 11.9. The van der Waals surface area contributed by atoms with E-state index < -0.39 is 30.9 Å². The molecule has 0 aromatic rings. The zero-order valence-corrected chi connectivity index (χ0v) is 28.1. The number of aliphatic hydroxyl groups excluding tert-OH is 3. The van der Waals surface area contributed by atoms with Crippen molar-refractivity contribution in [2.45, 2.75) is 173 Å². The van der Waals surface area contributed by atoms with E-state index in [1.54, 1.807) is 0 Å². The first-order valence-corrected chi connectivity index (χ1v) is 17.7. The van der Waals surface area contributed by atoms with E-state index in [0.717, 1.165) is 38.5 Å². The summed E-state index contributed by atoms with van der Waals surface area (Å²) >= 11 is 0. The number of hydrogen-bond acceptors (Lipinski definition) is 7. The van der Waals surface area contributed by atoms with E-state index in [4.69, 9.17) is 9.47 Å². The summed E-state index contributed by atoms with van der Waals surface area (Å²) in [7, 11) is 0. The van der Waals surface area contributed by atoms with E-state index in [9.17, 15) is 24.9 Å². The lowest BCUT2D eigenvalue weighted by molar-refractivity contribution is -0.161. The number of allylic oxidation sites excluding steroid dienone is 5. The predicted octanol–water partition coefficient (Wildman–Crippen LogP) is 8.45. The van der Waals surface area contributed by atoms with Gasteiger partial charge in [0, 0.05) is 12.8 Å². The minimum absolute atomic E-state index is 0.0717. The molecule has 44 heavy (non-hydrogen) atoms. The number of esters is 2. The molecule has 0 rings (SSSR count). The number of unbranched alkanes of at least 4 members (excludes halogenated alkanes) is 13. The Hall–Kier alpha value is -1.96. The molecule has 0 saturated heterocycles. The largest absolute Gasteiger partial charge is 0.462 e. The lowest BCUT2D eigenvalue weighted by atomic mass is 10.0. The summed E-state index contributed by atoms with van der Waals surface area (Å²) in [4.78, 5) is 24.2. The maximum Gasteiger partial charge on any atom is 0.306 e. The molecule has 256 valence electrons. The minimum Gasteiger partial charge on any atom is -0.462 e. The Morgan fingerprint density at radius 2 is 1.14 bits per heavy atom. The first-order valence-electron chi connectivity index (χ1n) is 17.7. The number of carbonyl (C=O) groups excluding carboxylic acids is 2. The minimum atomic E-state index is -0.928. The van der Waals surface area contributed by atoms with Gasteiger partial charge in [-0.05, 0) is 51.4 Å². The topological polar surface area (TPSA) is 113 Å². The van der Waals surface area contributed by atoms with Crippen LogP contribution in [-0.2, 0) is 19.1 Å². The SMILES string of the molecule is CCCCC/C=C\C/C=C\C/C=C\CC(O)C(O)CCCC(=O)OC[C@H](CO)OC(=O)CCCCCCCCCCCCC. The van der Waals surface area contributed by atoms with Gasteiger partial charge in [0.05, 0.1) is 18.8 Å². The summed E-state index contributed by atoms with van der Waals surface area (Å²) in [5.74, 6) is -0.877. The van der Waals surface area contributed by atoms with Crippen molar-refractivity contribution in [1.82, 2.24) is 0 Å². The number of carbonyl (C=O) groups is 2. The Morgan fingerprint density at radius 1 is 0.614 bits per heavy atom. The van der Waals surface area contributed by atoms with Crippen LogP contribution in [0.4, 0.5) is 0 Å². The molecule has 0 aromatic carbocycles. The fraction of sp³-hybridized carbons (Fsp3) is 0.784. The Bertz CT molecular complexity index is 746. The van der Waals surface area contributed by atoms with E-state index in [-0.39, 0.29) is 25.4 Å². The zero-order valence-electron chi connectivity index (χ0n) is 28.1. The van der Waals surface area contributed by atoms with Crippen LogP contribution in [0.3, 0.4) is 0 Å². The molecule has 0 aliphatic rings. The van der Waals surface area contributed by atoms with Crippen molar-refractivity contribution in [2.75, 3.05) is 13.2 Å². The van der Waals surface area contributed by atoms with Crippen molar-refractivity contribution in [3.8, 4) is 0 Å². The molecule has 0 saturated carbocycles. The van der Waals surface area contributed by atoms with Crippen molar-refractivity contribution in [3.05, 3.63) is 36.5 Å². The summed E-state index contributed by atoms with van der Waals surface area (Å²) < 4.78 is 10.4. The number of rotatable bonds is 31. The van der Waals surface area contributed by atoms with Gasteiger partial charge in [-0.1, -0.05) is 127 Å². The number of ether oxygens (including phenoxy) is 2.